The lowest BCUT2D eigenvalue weighted by Gasteiger charge is -2.24. The number of aromatic amines is 1. The molecule has 3 aromatic rings. The van der Waals surface area contributed by atoms with Crippen LogP contribution in [0.15, 0.2) is 29.6 Å². The first-order chi connectivity index (χ1) is 18.2. The number of halogens is 1. The van der Waals surface area contributed by atoms with E-state index in [0.717, 1.165) is 22.2 Å². The van der Waals surface area contributed by atoms with Gasteiger partial charge in [0, 0.05) is 28.7 Å². The molecule has 10 nitrogen and oxygen atoms in total. The van der Waals surface area contributed by atoms with Crippen molar-refractivity contribution in [3.63, 3.8) is 0 Å². The quantitative estimate of drug-likeness (QED) is 0.265. The molecule has 0 bridgehead atoms. The van der Waals surface area contributed by atoms with Crippen LogP contribution in [0.2, 0.25) is 5.15 Å². The number of hydrogen-bond donors (Lipinski definition) is 4. The van der Waals surface area contributed by atoms with Crippen molar-refractivity contribution >= 4 is 57.3 Å². The Balaban J connectivity index is 1.54. The Bertz CT molecular complexity index is 1350. The maximum absolute atomic E-state index is 13.5. The van der Waals surface area contributed by atoms with E-state index in [0.29, 0.717) is 25.1 Å². The highest BCUT2D eigenvalue weighted by atomic mass is 35.5. The summed E-state index contributed by atoms with van der Waals surface area (Å²) in [5, 5.41) is 11.0. The van der Waals surface area contributed by atoms with Gasteiger partial charge in [-0.05, 0) is 43.4 Å². The monoisotopic (exact) mass is 559 g/mol. The van der Waals surface area contributed by atoms with Crippen LogP contribution in [0.5, 0.6) is 5.75 Å². The van der Waals surface area contributed by atoms with Gasteiger partial charge in [0.05, 0.1) is 13.2 Å². The number of carbonyl (C=O) groups excluding carboxylic acids is 4. The summed E-state index contributed by atoms with van der Waals surface area (Å²) < 4.78 is 5.37. The highest BCUT2D eigenvalue weighted by Crippen LogP contribution is 2.26. The fourth-order valence-electron chi connectivity index (χ4n) is 4.54. The number of amides is 3. The number of thiazole rings is 1. The van der Waals surface area contributed by atoms with Crippen molar-refractivity contribution in [3.05, 3.63) is 45.5 Å². The number of carbonyl (C=O) groups is 4. The molecular weight excluding hydrogens is 530 g/mol. The maximum atomic E-state index is 13.5. The molecule has 3 atom stereocenters. The number of rotatable bonds is 11. The molecule has 0 radical (unpaired) electrons. The summed E-state index contributed by atoms with van der Waals surface area (Å²) in [6.07, 6.45) is 1.03. The molecule has 0 saturated carbocycles. The number of nitrogens with zero attached hydrogens (tertiary/aromatic N) is 1. The molecule has 0 unspecified atom stereocenters. The van der Waals surface area contributed by atoms with Gasteiger partial charge in [-0.15, -0.1) is 11.3 Å². The second kappa shape index (κ2) is 12.0. The van der Waals surface area contributed by atoms with Crippen LogP contribution >= 0.6 is 22.9 Å². The van der Waals surface area contributed by atoms with E-state index in [1.165, 1.54) is 5.38 Å². The van der Waals surface area contributed by atoms with Gasteiger partial charge in [0.25, 0.3) is 5.91 Å². The summed E-state index contributed by atoms with van der Waals surface area (Å²) in [5.41, 5.74) is 1.00. The van der Waals surface area contributed by atoms with Crippen molar-refractivity contribution in [2.24, 2.45) is 11.8 Å². The lowest BCUT2D eigenvalue weighted by Crippen LogP contribution is -2.52. The van der Waals surface area contributed by atoms with Crippen LogP contribution in [0.3, 0.4) is 0 Å². The Hall–Kier alpha value is -3.44. The van der Waals surface area contributed by atoms with Crippen LogP contribution in [-0.4, -0.2) is 59.2 Å². The SMILES string of the molecule is COc1cccc2[nH]c(C(=O)N[C@H](CC(C)C)C(=O)N[C@H](C[C@H]3CCNC3=O)C(=O)c3nc(Cl)cs3)cc12. The van der Waals surface area contributed by atoms with Crippen molar-refractivity contribution in [2.75, 3.05) is 13.7 Å². The third-order valence-electron chi connectivity index (χ3n) is 6.42. The number of Topliss-reactive ketones (excluding diaryl/α,β-unsaturated/α-hetero) is 1. The second-order valence-electron chi connectivity index (χ2n) is 9.67. The summed E-state index contributed by atoms with van der Waals surface area (Å²) in [6.45, 7) is 4.38. The van der Waals surface area contributed by atoms with Gasteiger partial charge < -0.3 is 25.7 Å². The van der Waals surface area contributed by atoms with Crippen molar-refractivity contribution < 1.29 is 23.9 Å². The summed E-state index contributed by atoms with van der Waals surface area (Å²) in [6, 6.07) is 5.19. The number of ketones is 1. The molecule has 38 heavy (non-hydrogen) atoms. The van der Waals surface area contributed by atoms with Gasteiger partial charge in [0.15, 0.2) is 5.01 Å². The number of ether oxygens (including phenoxy) is 1. The zero-order valence-corrected chi connectivity index (χ0v) is 22.9. The van der Waals surface area contributed by atoms with Gasteiger partial charge in [-0.1, -0.05) is 31.5 Å². The lowest BCUT2D eigenvalue weighted by atomic mass is 9.95. The summed E-state index contributed by atoms with van der Waals surface area (Å²) in [5.74, 6) is -1.29. The van der Waals surface area contributed by atoms with Gasteiger partial charge in [0.1, 0.15) is 22.6 Å². The molecule has 12 heteroatoms. The predicted molar refractivity (Wildman–Crippen MR) is 145 cm³/mol. The van der Waals surface area contributed by atoms with Crippen LogP contribution in [-0.2, 0) is 9.59 Å². The molecule has 1 aliphatic heterocycles. The van der Waals surface area contributed by atoms with E-state index in [1.54, 1.807) is 19.2 Å². The highest BCUT2D eigenvalue weighted by Gasteiger charge is 2.34. The van der Waals surface area contributed by atoms with E-state index in [-0.39, 0.29) is 34.1 Å². The van der Waals surface area contributed by atoms with Crippen LogP contribution in [0, 0.1) is 11.8 Å². The molecule has 3 amide bonds. The normalized spacial score (nSPS) is 16.8. The van der Waals surface area contributed by atoms with E-state index in [2.05, 4.69) is 25.9 Å². The number of hydrogen-bond acceptors (Lipinski definition) is 7. The van der Waals surface area contributed by atoms with E-state index in [9.17, 15) is 19.2 Å². The third kappa shape index (κ3) is 6.33. The number of fused-ring (bicyclic) bond motifs is 1. The van der Waals surface area contributed by atoms with Crippen molar-refractivity contribution in [2.45, 2.75) is 45.2 Å². The smallest absolute Gasteiger partial charge is 0.268 e. The number of aromatic nitrogens is 2. The first kappa shape index (κ1) is 27.6. The minimum absolute atomic E-state index is 0.0707. The Labute approximate surface area is 228 Å². The second-order valence-corrected chi connectivity index (χ2v) is 10.9. The standard InChI is InChI=1S/C26H30ClN5O5S/c1-13(2)9-18(31-25(36)19-11-15-16(29-19)5-4-6-20(15)37-3)24(35)30-17(10-14-7-8-28-23(14)34)22(33)26-32-21(27)12-38-26/h4-6,11-14,17-18,29H,7-10H2,1-3H3,(H,28,34)(H,30,35)(H,31,36)/t14-,17-,18-/m1/s1. The van der Waals surface area contributed by atoms with Crippen molar-refractivity contribution in [3.8, 4) is 5.75 Å². The Morgan fingerprint density at radius 2 is 2.03 bits per heavy atom. The molecule has 3 heterocycles. The van der Waals surface area contributed by atoms with Crippen LogP contribution < -0.4 is 20.7 Å². The molecule has 1 aliphatic rings. The largest absolute Gasteiger partial charge is 0.496 e. The molecular formula is C26H30ClN5O5S. The Morgan fingerprint density at radius 3 is 2.66 bits per heavy atom. The van der Waals surface area contributed by atoms with Gasteiger partial charge in [-0.2, -0.15) is 0 Å². The predicted octanol–water partition coefficient (Wildman–Crippen LogP) is 3.32. The molecule has 0 aliphatic carbocycles. The average Bonchev–Trinajstić information content (AvgIpc) is 3.62. The fourth-order valence-corrected chi connectivity index (χ4v) is 5.48. The Morgan fingerprint density at radius 1 is 1.24 bits per heavy atom. The molecule has 1 saturated heterocycles. The summed E-state index contributed by atoms with van der Waals surface area (Å²) in [4.78, 5) is 59.2. The number of nitrogens with one attached hydrogen (secondary N) is 4. The lowest BCUT2D eigenvalue weighted by molar-refractivity contribution is -0.125. The van der Waals surface area contributed by atoms with Gasteiger partial charge in [-0.3, -0.25) is 19.2 Å². The van der Waals surface area contributed by atoms with E-state index in [4.69, 9.17) is 16.3 Å². The van der Waals surface area contributed by atoms with E-state index < -0.39 is 35.6 Å². The molecule has 4 rings (SSSR count). The van der Waals surface area contributed by atoms with Gasteiger partial charge >= 0.3 is 0 Å². The van der Waals surface area contributed by atoms with Crippen molar-refractivity contribution in [1.29, 1.82) is 0 Å². The summed E-state index contributed by atoms with van der Waals surface area (Å²) in [7, 11) is 1.55. The zero-order valence-electron chi connectivity index (χ0n) is 21.3. The molecule has 0 spiro atoms. The third-order valence-corrected chi connectivity index (χ3v) is 7.60. The first-order valence-electron chi connectivity index (χ1n) is 12.4. The van der Waals surface area contributed by atoms with Gasteiger partial charge in [-0.25, -0.2) is 4.98 Å². The van der Waals surface area contributed by atoms with Crippen LogP contribution in [0.4, 0.5) is 0 Å². The first-order valence-corrected chi connectivity index (χ1v) is 13.6. The summed E-state index contributed by atoms with van der Waals surface area (Å²) >= 11 is 6.99. The van der Waals surface area contributed by atoms with E-state index in [1.807, 2.05) is 26.0 Å². The molecule has 1 fully saturated rings. The Kier molecular flexibility index (Phi) is 8.68. The minimum Gasteiger partial charge on any atom is -0.496 e. The van der Waals surface area contributed by atoms with Crippen LogP contribution in [0.1, 0.15) is 53.4 Å². The molecule has 202 valence electrons. The number of methoxy groups -OCH3 is 1. The zero-order chi connectivity index (χ0) is 27.4. The molecule has 4 N–H and O–H groups in total. The topological polar surface area (TPSA) is 142 Å². The van der Waals surface area contributed by atoms with Gasteiger partial charge in [0.2, 0.25) is 17.6 Å². The molecule has 1 aromatic carbocycles. The average molecular weight is 560 g/mol. The fraction of sp³-hybridized carbons (Fsp3) is 0.423. The van der Waals surface area contributed by atoms with E-state index >= 15 is 0 Å². The number of benzene rings is 1. The van der Waals surface area contributed by atoms with Crippen LogP contribution in [0.25, 0.3) is 10.9 Å². The maximum Gasteiger partial charge on any atom is 0.268 e. The minimum atomic E-state index is -0.998. The van der Waals surface area contributed by atoms with Crippen molar-refractivity contribution in [1.82, 2.24) is 25.9 Å². The number of H-pyrrole nitrogens is 1. The highest BCUT2D eigenvalue weighted by molar-refractivity contribution is 7.12. The molecule has 2 aromatic heterocycles.